The molecule has 0 heterocycles. The van der Waals surface area contributed by atoms with E-state index in [4.69, 9.17) is 23.2 Å². The minimum Gasteiger partial charge on any atom is -0.360 e. The number of amides is 1. The number of halogens is 2. The van der Waals surface area contributed by atoms with E-state index in [1.165, 1.54) is 12.3 Å². The van der Waals surface area contributed by atoms with Crippen molar-refractivity contribution < 1.29 is 4.79 Å². The predicted molar refractivity (Wildman–Crippen MR) is 108 cm³/mol. The van der Waals surface area contributed by atoms with Crippen molar-refractivity contribution in [2.75, 3.05) is 10.6 Å². The second kappa shape index (κ2) is 8.27. The number of hydrogen-bond donors (Lipinski definition) is 2. The molecule has 0 bridgehead atoms. The van der Waals surface area contributed by atoms with Crippen LogP contribution in [0.5, 0.6) is 0 Å². The van der Waals surface area contributed by atoms with Gasteiger partial charge in [-0.1, -0.05) is 62.2 Å². The highest BCUT2D eigenvalue weighted by atomic mass is 35.5. The van der Waals surface area contributed by atoms with Gasteiger partial charge in [-0.3, -0.25) is 4.79 Å². The van der Waals surface area contributed by atoms with Gasteiger partial charge in [-0.25, -0.2) is 0 Å². The number of carbonyl (C=O) groups excluding carboxylic acids is 1. The molecule has 26 heavy (non-hydrogen) atoms. The molecule has 0 fully saturated rings. The Morgan fingerprint density at radius 2 is 1.81 bits per heavy atom. The summed E-state index contributed by atoms with van der Waals surface area (Å²) in [6.07, 6.45) is 1.39. The fourth-order valence-corrected chi connectivity index (χ4v) is 2.68. The van der Waals surface area contributed by atoms with Gasteiger partial charge in [0.1, 0.15) is 11.6 Å². The molecule has 0 saturated heterocycles. The monoisotopic (exact) mass is 387 g/mol. The second-order valence-corrected chi connectivity index (χ2v) is 7.53. The molecule has 1 amide bonds. The van der Waals surface area contributed by atoms with Crippen molar-refractivity contribution in [1.82, 2.24) is 0 Å². The van der Waals surface area contributed by atoms with E-state index in [1.807, 2.05) is 30.3 Å². The molecule has 2 aromatic rings. The van der Waals surface area contributed by atoms with Crippen molar-refractivity contribution >= 4 is 40.5 Å². The molecule has 4 nitrogen and oxygen atoms in total. The Morgan fingerprint density at radius 1 is 1.12 bits per heavy atom. The minimum absolute atomic E-state index is 0.0789. The molecule has 0 unspecified atom stereocenters. The highest BCUT2D eigenvalue weighted by Gasteiger charge is 2.17. The van der Waals surface area contributed by atoms with Gasteiger partial charge < -0.3 is 10.6 Å². The quantitative estimate of drug-likeness (QED) is 0.518. The summed E-state index contributed by atoms with van der Waals surface area (Å²) < 4.78 is 0. The Kier molecular flexibility index (Phi) is 6.31. The topological polar surface area (TPSA) is 64.9 Å². The van der Waals surface area contributed by atoms with E-state index in [0.29, 0.717) is 15.7 Å². The van der Waals surface area contributed by atoms with Crippen molar-refractivity contribution in [1.29, 1.82) is 5.26 Å². The van der Waals surface area contributed by atoms with Gasteiger partial charge in [0.2, 0.25) is 0 Å². The second-order valence-electron chi connectivity index (χ2n) is 6.69. The molecule has 0 saturated carbocycles. The first kappa shape index (κ1) is 19.8. The molecule has 0 aliphatic rings. The van der Waals surface area contributed by atoms with Crippen molar-refractivity contribution in [3.05, 3.63) is 69.8 Å². The first-order valence-electron chi connectivity index (χ1n) is 7.95. The summed E-state index contributed by atoms with van der Waals surface area (Å²) in [5.74, 6) is -0.572. The normalized spacial score (nSPS) is 11.6. The fraction of sp³-hybridized carbons (Fsp3) is 0.200. The molecule has 134 valence electrons. The number of nitrogens with zero attached hydrogens (tertiary/aromatic N) is 1. The van der Waals surface area contributed by atoms with E-state index in [2.05, 4.69) is 31.4 Å². The van der Waals surface area contributed by atoms with Gasteiger partial charge in [0.25, 0.3) is 5.91 Å². The van der Waals surface area contributed by atoms with Crippen LogP contribution in [-0.4, -0.2) is 5.91 Å². The standard InChI is InChI=1S/C20H19Cl2N3O/c1-20(2,3)15-6-4-5-7-17(15)24-12-13(11-23)19(26)25-18-10-14(21)8-9-16(18)22/h4-10,12,24H,1-3H3,(H,25,26)/b13-12-. The van der Waals surface area contributed by atoms with Crippen LogP contribution in [0.4, 0.5) is 11.4 Å². The summed E-state index contributed by atoms with van der Waals surface area (Å²) in [4.78, 5) is 12.4. The van der Waals surface area contributed by atoms with Gasteiger partial charge in [0, 0.05) is 16.9 Å². The fourth-order valence-electron chi connectivity index (χ4n) is 2.34. The van der Waals surface area contributed by atoms with E-state index >= 15 is 0 Å². The van der Waals surface area contributed by atoms with Crippen LogP contribution in [0.15, 0.2) is 54.2 Å². The van der Waals surface area contributed by atoms with E-state index in [9.17, 15) is 10.1 Å². The molecule has 0 radical (unpaired) electrons. The number of benzene rings is 2. The Bertz CT molecular complexity index is 893. The Balaban J connectivity index is 2.22. The Morgan fingerprint density at radius 3 is 2.46 bits per heavy atom. The Labute approximate surface area is 163 Å². The molecular formula is C20H19Cl2N3O. The molecule has 2 N–H and O–H groups in total. The maximum Gasteiger partial charge on any atom is 0.267 e. The van der Waals surface area contributed by atoms with Crippen molar-refractivity contribution in [2.45, 2.75) is 26.2 Å². The number of hydrogen-bond acceptors (Lipinski definition) is 3. The maximum atomic E-state index is 12.4. The van der Waals surface area contributed by atoms with E-state index in [-0.39, 0.29) is 11.0 Å². The number of anilines is 2. The number of nitrogens with one attached hydrogen (secondary N) is 2. The third kappa shape index (κ3) is 5.01. The predicted octanol–water partition coefficient (Wildman–Crippen LogP) is 5.75. The van der Waals surface area contributed by atoms with Crippen molar-refractivity contribution in [3.8, 4) is 6.07 Å². The van der Waals surface area contributed by atoms with Crippen LogP contribution in [0.25, 0.3) is 0 Å². The number of rotatable bonds is 4. The summed E-state index contributed by atoms with van der Waals surface area (Å²) in [7, 11) is 0. The van der Waals surface area contributed by atoms with Crippen LogP contribution >= 0.6 is 23.2 Å². The first-order valence-corrected chi connectivity index (χ1v) is 8.70. The maximum absolute atomic E-state index is 12.4. The molecule has 0 atom stereocenters. The van der Waals surface area contributed by atoms with Gasteiger partial charge in [-0.15, -0.1) is 0 Å². The molecule has 0 aromatic heterocycles. The lowest BCUT2D eigenvalue weighted by Crippen LogP contribution is -2.16. The summed E-state index contributed by atoms with van der Waals surface area (Å²) in [6.45, 7) is 6.28. The first-order chi connectivity index (χ1) is 12.2. The zero-order chi connectivity index (χ0) is 19.3. The van der Waals surface area contributed by atoms with E-state index in [0.717, 1.165) is 11.3 Å². The summed E-state index contributed by atoms with van der Waals surface area (Å²) in [5, 5.41) is 15.8. The molecule has 0 aliphatic heterocycles. The van der Waals surface area contributed by atoms with Crippen LogP contribution in [0, 0.1) is 11.3 Å². The van der Waals surface area contributed by atoms with Gasteiger partial charge in [0.15, 0.2) is 0 Å². The summed E-state index contributed by atoms with van der Waals surface area (Å²) in [6, 6.07) is 14.4. The van der Waals surface area contributed by atoms with Gasteiger partial charge >= 0.3 is 0 Å². The zero-order valence-corrected chi connectivity index (χ0v) is 16.2. The number of nitriles is 1. The van der Waals surface area contributed by atoms with Gasteiger partial charge in [0.05, 0.1) is 10.7 Å². The Hall–Kier alpha value is -2.48. The molecule has 6 heteroatoms. The number of carbonyl (C=O) groups is 1. The summed E-state index contributed by atoms with van der Waals surface area (Å²) in [5.41, 5.74) is 2.10. The van der Waals surface area contributed by atoms with Crippen LogP contribution < -0.4 is 10.6 Å². The van der Waals surface area contributed by atoms with Crippen LogP contribution in [0.1, 0.15) is 26.3 Å². The number of para-hydroxylation sites is 1. The summed E-state index contributed by atoms with van der Waals surface area (Å²) >= 11 is 12.0. The highest BCUT2D eigenvalue weighted by Crippen LogP contribution is 2.29. The van der Waals surface area contributed by atoms with Crippen LogP contribution in [0.3, 0.4) is 0 Å². The lowest BCUT2D eigenvalue weighted by molar-refractivity contribution is -0.112. The molecular weight excluding hydrogens is 369 g/mol. The average molecular weight is 388 g/mol. The smallest absolute Gasteiger partial charge is 0.267 e. The van der Waals surface area contributed by atoms with Crippen LogP contribution in [-0.2, 0) is 10.2 Å². The molecule has 2 rings (SSSR count). The van der Waals surface area contributed by atoms with E-state index in [1.54, 1.807) is 12.1 Å². The van der Waals surface area contributed by atoms with Gasteiger partial charge in [-0.05, 0) is 35.2 Å². The van der Waals surface area contributed by atoms with Crippen molar-refractivity contribution in [2.24, 2.45) is 0 Å². The lowest BCUT2D eigenvalue weighted by atomic mass is 9.86. The highest BCUT2D eigenvalue weighted by molar-refractivity contribution is 6.35. The van der Waals surface area contributed by atoms with Crippen LogP contribution in [0.2, 0.25) is 10.0 Å². The molecule has 0 spiro atoms. The SMILES string of the molecule is CC(C)(C)c1ccccc1N/C=C(/C#N)C(=O)Nc1cc(Cl)ccc1Cl. The average Bonchev–Trinajstić information content (AvgIpc) is 2.58. The lowest BCUT2D eigenvalue weighted by Gasteiger charge is -2.22. The molecule has 0 aliphatic carbocycles. The largest absolute Gasteiger partial charge is 0.360 e. The van der Waals surface area contributed by atoms with Crippen molar-refractivity contribution in [3.63, 3.8) is 0 Å². The third-order valence-corrected chi connectivity index (χ3v) is 4.21. The van der Waals surface area contributed by atoms with Gasteiger partial charge in [-0.2, -0.15) is 5.26 Å². The van der Waals surface area contributed by atoms with E-state index < -0.39 is 5.91 Å². The zero-order valence-electron chi connectivity index (χ0n) is 14.7. The minimum atomic E-state index is -0.572. The molecule has 2 aromatic carbocycles. The third-order valence-electron chi connectivity index (χ3n) is 3.65.